The van der Waals surface area contributed by atoms with E-state index in [1.807, 2.05) is 6.07 Å². The molecule has 0 atom stereocenters. The van der Waals surface area contributed by atoms with Crippen molar-refractivity contribution in [3.8, 4) is 0 Å². The van der Waals surface area contributed by atoms with Gasteiger partial charge in [-0.25, -0.2) is 0 Å². The Kier molecular flexibility index (Phi) is 7.80. The number of nitrogens with one attached hydrogen (secondary N) is 1. The maximum atomic E-state index is 12.2. The molecule has 8 heteroatoms. The molecule has 0 bridgehead atoms. The van der Waals surface area contributed by atoms with Crippen molar-refractivity contribution in [3.63, 3.8) is 0 Å². The van der Waals surface area contributed by atoms with Crippen molar-refractivity contribution in [2.24, 2.45) is 0 Å². The Hall–Kier alpha value is -2.19. The van der Waals surface area contributed by atoms with Gasteiger partial charge in [0.2, 0.25) is 5.91 Å². The molecule has 0 aliphatic rings. The summed E-state index contributed by atoms with van der Waals surface area (Å²) >= 11 is -0.171. The van der Waals surface area contributed by atoms with Gasteiger partial charge in [0.15, 0.2) is 0 Å². The number of thioether (sulfide) groups is 1. The first-order valence-electron chi connectivity index (χ1n) is 7.84. The molecule has 140 valence electrons. The van der Waals surface area contributed by atoms with Crippen LogP contribution in [0.4, 0.5) is 13.2 Å². The van der Waals surface area contributed by atoms with Gasteiger partial charge in [-0.1, -0.05) is 12.1 Å². The van der Waals surface area contributed by atoms with Crippen LogP contribution < -0.4 is 5.32 Å². The first-order chi connectivity index (χ1) is 12.4. The lowest BCUT2D eigenvalue weighted by atomic mass is 10.2. The van der Waals surface area contributed by atoms with E-state index >= 15 is 0 Å². The average Bonchev–Trinajstić information content (AvgIpc) is 3.09. The Labute approximate surface area is 153 Å². The van der Waals surface area contributed by atoms with Gasteiger partial charge in [0.1, 0.15) is 12.4 Å². The van der Waals surface area contributed by atoms with Crippen molar-refractivity contribution in [1.82, 2.24) is 5.32 Å². The van der Waals surface area contributed by atoms with Gasteiger partial charge in [0.25, 0.3) is 0 Å². The highest BCUT2D eigenvalue weighted by molar-refractivity contribution is 8.00. The van der Waals surface area contributed by atoms with E-state index < -0.39 is 5.51 Å². The number of rotatable bonds is 9. The molecule has 1 heterocycles. The van der Waals surface area contributed by atoms with Gasteiger partial charge in [0.05, 0.1) is 6.26 Å². The molecule has 0 fully saturated rings. The fourth-order valence-electron chi connectivity index (χ4n) is 1.96. The SMILES string of the molecule is O=C(C=Cc1ccc(SC(F)(F)F)cc1)NCCCOCc1ccco1. The van der Waals surface area contributed by atoms with Crippen LogP contribution in [0.2, 0.25) is 0 Å². The molecule has 0 spiro atoms. The number of hydrogen-bond donors (Lipinski definition) is 1. The van der Waals surface area contributed by atoms with Crippen LogP contribution in [0.25, 0.3) is 6.08 Å². The summed E-state index contributed by atoms with van der Waals surface area (Å²) in [5.41, 5.74) is -3.66. The summed E-state index contributed by atoms with van der Waals surface area (Å²) in [6, 6.07) is 9.40. The van der Waals surface area contributed by atoms with Crippen molar-refractivity contribution >= 4 is 23.7 Å². The molecule has 26 heavy (non-hydrogen) atoms. The first kappa shape index (κ1) is 20.1. The van der Waals surface area contributed by atoms with Gasteiger partial charge in [-0.05, 0) is 54.1 Å². The molecular weight excluding hydrogens is 367 g/mol. The van der Waals surface area contributed by atoms with Crippen LogP contribution >= 0.6 is 11.8 Å². The minimum Gasteiger partial charge on any atom is -0.467 e. The minimum absolute atomic E-state index is 0.105. The highest BCUT2D eigenvalue weighted by atomic mass is 32.2. The highest BCUT2D eigenvalue weighted by Gasteiger charge is 2.28. The van der Waals surface area contributed by atoms with Gasteiger partial charge in [-0.15, -0.1) is 0 Å². The lowest BCUT2D eigenvalue weighted by Gasteiger charge is -2.05. The van der Waals surface area contributed by atoms with Crippen LogP contribution in [0.15, 0.2) is 58.1 Å². The molecular formula is C18H18F3NO3S. The smallest absolute Gasteiger partial charge is 0.446 e. The molecule has 0 radical (unpaired) electrons. The van der Waals surface area contributed by atoms with Crippen molar-refractivity contribution in [2.45, 2.75) is 23.4 Å². The van der Waals surface area contributed by atoms with Crippen molar-refractivity contribution in [2.75, 3.05) is 13.2 Å². The van der Waals surface area contributed by atoms with E-state index in [1.165, 1.54) is 30.3 Å². The molecule has 0 aliphatic carbocycles. The highest BCUT2D eigenvalue weighted by Crippen LogP contribution is 2.36. The molecule has 0 saturated carbocycles. The number of ether oxygens (including phenoxy) is 1. The van der Waals surface area contributed by atoms with Crippen LogP contribution in [0.5, 0.6) is 0 Å². The van der Waals surface area contributed by atoms with Gasteiger partial charge in [0, 0.05) is 24.1 Å². The second-order valence-electron chi connectivity index (χ2n) is 5.23. The van der Waals surface area contributed by atoms with Crippen LogP contribution in [0, 0.1) is 0 Å². The molecule has 0 unspecified atom stereocenters. The van der Waals surface area contributed by atoms with E-state index in [9.17, 15) is 18.0 Å². The number of furan rings is 1. The van der Waals surface area contributed by atoms with E-state index in [4.69, 9.17) is 9.15 Å². The average molecular weight is 385 g/mol. The van der Waals surface area contributed by atoms with Crippen LogP contribution in [0.1, 0.15) is 17.7 Å². The quantitative estimate of drug-likeness (QED) is 0.389. The number of carbonyl (C=O) groups is 1. The number of amides is 1. The third-order valence-electron chi connectivity index (χ3n) is 3.13. The van der Waals surface area contributed by atoms with E-state index in [0.29, 0.717) is 31.7 Å². The standard InChI is InChI=1S/C18H18F3NO3S/c19-18(20,21)26-16-7-4-14(5-8-16)6-9-17(23)22-10-2-11-24-13-15-3-1-12-25-15/h1,3-9,12H,2,10-11,13H2,(H,22,23). The Morgan fingerprint density at radius 3 is 2.65 bits per heavy atom. The first-order valence-corrected chi connectivity index (χ1v) is 8.66. The summed E-state index contributed by atoms with van der Waals surface area (Å²) in [7, 11) is 0. The van der Waals surface area contributed by atoms with Crippen molar-refractivity contribution in [3.05, 3.63) is 60.1 Å². The summed E-state index contributed by atoms with van der Waals surface area (Å²) in [6.45, 7) is 1.34. The summed E-state index contributed by atoms with van der Waals surface area (Å²) in [6.07, 6.45) is 5.12. The zero-order valence-electron chi connectivity index (χ0n) is 13.8. The summed E-state index contributed by atoms with van der Waals surface area (Å²) in [5, 5.41) is 2.71. The number of halogens is 3. The van der Waals surface area contributed by atoms with Gasteiger partial charge >= 0.3 is 5.51 Å². The summed E-state index contributed by atoms with van der Waals surface area (Å²) < 4.78 is 47.2. The van der Waals surface area contributed by atoms with Gasteiger partial charge in [-0.3, -0.25) is 4.79 Å². The summed E-state index contributed by atoms with van der Waals surface area (Å²) in [5.74, 6) is 0.474. The van der Waals surface area contributed by atoms with Gasteiger partial charge in [-0.2, -0.15) is 13.2 Å². The molecule has 0 aliphatic heterocycles. The van der Waals surface area contributed by atoms with E-state index in [-0.39, 0.29) is 22.6 Å². The van der Waals surface area contributed by atoms with Crippen molar-refractivity contribution < 1.29 is 27.1 Å². The molecule has 1 aromatic heterocycles. The van der Waals surface area contributed by atoms with Crippen LogP contribution in [-0.4, -0.2) is 24.6 Å². The maximum absolute atomic E-state index is 12.2. The third-order valence-corrected chi connectivity index (χ3v) is 3.87. The predicted molar refractivity (Wildman–Crippen MR) is 93.4 cm³/mol. The Morgan fingerprint density at radius 2 is 2.00 bits per heavy atom. The molecule has 1 amide bonds. The second-order valence-corrected chi connectivity index (χ2v) is 6.37. The molecule has 1 N–H and O–H groups in total. The lowest BCUT2D eigenvalue weighted by Crippen LogP contribution is -2.23. The van der Waals surface area contributed by atoms with Crippen molar-refractivity contribution in [1.29, 1.82) is 0 Å². The van der Waals surface area contributed by atoms with Crippen LogP contribution in [0.3, 0.4) is 0 Å². The van der Waals surface area contributed by atoms with Gasteiger partial charge < -0.3 is 14.5 Å². The molecule has 2 rings (SSSR count). The fraction of sp³-hybridized carbons (Fsp3) is 0.278. The third kappa shape index (κ3) is 8.26. The van der Waals surface area contributed by atoms with E-state index in [2.05, 4.69) is 5.32 Å². The zero-order chi connectivity index (χ0) is 18.8. The largest absolute Gasteiger partial charge is 0.467 e. The number of hydrogen-bond acceptors (Lipinski definition) is 4. The van der Waals surface area contributed by atoms with Crippen LogP contribution in [-0.2, 0) is 16.1 Å². The topological polar surface area (TPSA) is 51.5 Å². The Bertz CT molecular complexity index is 697. The molecule has 1 aromatic carbocycles. The zero-order valence-corrected chi connectivity index (χ0v) is 14.6. The Balaban J connectivity index is 1.62. The predicted octanol–water partition coefficient (Wildman–Crippen LogP) is 4.63. The minimum atomic E-state index is -4.31. The number of carbonyl (C=O) groups excluding carboxylic acids is 1. The molecule has 0 saturated heterocycles. The lowest BCUT2D eigenvalue weighted by molar-refractivity contribution is -0.116. The second kappa shape index (κ2) is 10.1. The monoisotopic (exact) mass is 385 g/mol. The van der Waals surface area contributed by atoms with E-state index in [0.717, 1.165) is 5.76 Å². The fourth-order valence-corrected chi connectivity index (χ4v) is 2.50. The normalized spacial score (nSPS) is 11.8. The number of alkyl halides is 3. The Morgan fingerprint density at radius 1 is 1.23 bits per heavy atom. The summed E-state index contributed by atoms with van der Waals surface area (Å²) in [4.78, 5) is 11.8. The van der Waals surface area contributed by atoms with E-state index in [1.54, 1.807) is 18.4 Å². The maximum Gasteiger partial charge on any atom is 0.446 e. The number of benzene rings is 1. The molecule has 4 nitrogen and oxygen atoms in total. The molecule has 2 aromatic rings.